The van der Waals surface area contributed by atoms with Crippen LogP contribution < -0.4 is 4.74 Å². The topological polar surface area (TPSA) is 18.5 Å². The third kappa shape index (κ3) is 2.55. The van der Waals surface area contributed by atoms with E-state index in [-0.39, 0.29) is 5.60 Å². The van der Waals surface area contributed by atoms with E-state index >= 15 is 0 Å². The summed E-state index contributed by atoms with van der Waals surface area (Å²) >= 11 is 3.84. The highest BCUT2D eigenvalue weighted by Crippen LogP contribution is 2.45. The van der Waals surface area contributed by atoms with Crippen molar-refractivity contribution in [3.05, 3.63) is 29.3 Å². The number of rotatable bonds is 4. The Labute approximate surface area is 123 Å². The summed E-state index contributed by atoms with van der Waals surface area (Å²) in [6, 6.07) is 6.58. The molecular weight excluding hydrogens is 304 g/mol. The van der Waals surface area contributed by atoms with Crippen LogP contribution in [0.15, 0.2) is 18.2 Å². The number of hydrogen-bond donors (Lipinski definition) is 0. The number of alkyl halides is 1. The van der Waals surface area contributed by atoms with Gasteiger partial charge in [-0.25, -0.2) is 0 Å². The summed E-state index contributed by atoms with van der Waals surface area (Å²) in [5.74, 6) is 1.06. The first-order valence-corrected chi connectivity index (χ1v) is 8.02. The zero-order valence-electron chi connectivity index (χ0n) is 11.6. The normalized spacial score (nSPS) is 25.3. The molecule has 0 aromatic heterocycles. The van der Waals surface area contributed by atoms with E-state index in [0.717, 1.165) is 18.6 Å². The van der Waals surface area contributed by atoms with Gasteiger partial charge >= 0.3 is 0 Å². The highest BCUT2D eigenvalue weighted by molar-refractivity contribution is 9.09. The Morgan fingerprint density at radius 1 is 1.47 bits per heavy atom. The number of benzene rings is 1. The van der Waals surface area contributed by atoms with Gasteiger partial charge in [0.1, 0.15) is 11.9 Å². The summed E-state index contributed by atoms with van der Waals surface area (Å²) in [7, 11) is 1.84. The Morgan fingerprint density at radius 3 is 2.89 bits per heavy atom. The Bertz CT molecular complexity index is 462. The lowest BCUT2D eigenvalue weighted by molar-refractivity contribution is -0.0773. The van der Waals surface area contributed by atoms with Crippen LogP contribution in [0.3, 0.4) is 0 Å². The van der Waals surface area contributed by atoms with Crippen molar-refractivity contribution >= 4 is 15.9 Å². The maximum atomic E-state index is 5.76. The van der Waals surface area contributed by atoms with E-state index < -0.39 is 0 Å². The minimum Gasteiger partial charge on any atom is -0.490 e. The van der Waals surface area contributed by atoms with Gasteiger partial charge in [0.2, 0.25) is 0 Å². The molecule has 1 saturated carbocycles. The number of fused-ring (bicyclic) bond motifs is 1. The van der Waals surface area contributed by atoms with Crippen molar-refractivity contribution in [2.24, 2.45) is 0 Å². The Hall–Kier alpha value is -0.540. The monoisotopic (exact) mass is 324 g/mol. The van der Waals surface area contributed by atoms with Gasteiger partial charge in [-0.15, -0.1) is 0 Å². The third-order valence-electron chi connectivity index (χ3n) is 4.53. The second-order valence-electron chi connectivity index (χ2n) is 5.91. The van der Waals surface area contributed by atoms with Crippen molar-refractivity contribution in [2.45, 2.75) is 55.6 Å². The molecule has 2 aliphatic rings. The number of hydrogen-bond acceptors (Lipinski definition) is 2. The molecule has 104 valence electrons. The van der Waals surface area contributed by atoms with Crippen LogP contribution in [0, 0.1) is 0 Å². The van der Waals surface area contributed by atoms with E-state index in [2.05, 4.69) is 41.1 Å². The summed E-state index contributed by atoms with van der Waals surface area (Å²) < 4.78 is 11.5. The van der Waals surface area contributed by atoms with E-state index in [9.17, 15) is 0 Å². The van der Waals surface area contributed by atoms with Gasteiger partial charge in [0, 0.05) is 18.4 Å². The lowest BCUT2D eigenvalue weighted by atomic mass is 9.76. The lowest BCUT2D eigenvalue weighted by Crippen LogP contribution is -2.39. The molecule has 1 heterocycles. The summed E-state index contributed by atoms with van der Waals surface area (Å²) in [6.45, 7) is 2.12. The zero-order chi connectivity index (χ0) is 13.5. The average molecular weight is 325 g/mol. The first-order valence-electron chi connectivity index (χ1n) is 7.11. The second kappa shape index (κ2) is 5.10. The van der Waals surface area contributed by atoms with Crippen molar-refractivity contribution in [3.8, 4) is 5.75 Å². The largest absolute Gasteiger partial charge is 0.490 e. The van der Waals surface area contributed by atoms with Crippen molar-refractivity contribution < 1.29 is 9.47 Å². The molecule has 0 saturated heterocycles. The molecule has 1 aromatic carbocycles. The molecule has 0 spiro atoms. The molecule has 1 aromatic rings. The minimum atomic E-state index is 0.108. The molecule has 1 aliphatic heterocycles. The van der Waals surface area contributed by atoms with Crippen LogP contribution in [0.5, 0.6) is 5.75 Å². The molecule has 0 bridgehead atoms. The van der Waals surface area contributed by atoms with Crippen LogP contribution in [0.25, 0.3) is 0 Å². The summed E-state index contributed by atoms with van der Waals surface area (Å²) in [5, 5.41) is 0. The van der Waals surface area contributed by atoms with E-state index in [1.807, 2.05) is 7.11 Å². The second-order valence-corrected chi connectivity index (χ2v) is 7.02. The quantitative estimate of drug-likeness (QED) is 0.764. The molecule has 0 radical (unpaired) electrons. The minimum absolute atomic E-state index is 0.108. The Morgan fingerprint density at radius 2 is 2.26 bits per heavy atom. The summed E-state index contributed by atoms with van der Waals surface area (Å²) in [6.07, 6.45) is 6.07. The number of methoxy groups -OCH3 is 1. The van der Waals surface area contributed by atoms with Crippen molar-refractivity contribution in [1.82, 2.24) is 0 Å². The zero-order valence-corrected chi connectivity index (χ0v) is 13.2. The van der Waals surface area contributed by atoms with Gasteiger partial charge in [0.05, 0.1) is 5.60 Å². The average Bonchev–Trinajstić information content (AvgIpc) is 2.72. The number of halogens is 1. The van der Waals surface area contributed by atoms with Crippen molar-refractivity contribution in [2.75, 3.05) is 7.11 Å². The lowest BCUT2D eigenvalue weighted by Gasteiger charge is -2.42. The Kier molecular flexibility index (Phi) is 3.61. The fourth-order valence-corrected chi connectivity index (χ4v) is 4.02. The summed E-state index contributed by atoms with van der Waals surface area (Å²) in [4.78, 5) is 0.369. The fraction of sp³-hybridized carbons (Fsp3) is 0.625. The molecule has 19 heavy (non-hydrogen) atoms. The fourth-order valence-electron chi connectivity index (χ4n) is 3.14. The van der Waals surface area contributed by atoms with Gasteiger partial charge in [-0.1, -0.05) is 28.1 Å². The smallest absolute Gasteiger partial charge is 0.123 e. The van der Waals surface area contributed by atoms with Gasteiger partial charge in [-0.3, -0.25) is 0 Å². The van der Waals surface area contributed by atoms with E-state index in [0.29, 0.717) is 10.9 Å². The summed E-state index contributed by atoms with van der Waals surface area (Å²) in [5.41, 5.74) is 2.80. The van der Waals surface area contributed by atoms with E-state index in [1.54, 1.807) is 0 Å². The highest BCUT2D eigenvalue weighted by Gasteiger charge is 2.39. The molecule has 2 nitrogen and oxygen atoms in total. The first-order chi connectivity index (χ1) is 9.12. The molecule has 3 heteroatoms. The molecule has 2 unspecified atom stereocenters. The van der Waals surface area contributed by atoms with E-state index in [1.165, 1.54) is 30.4 Å². The maximum absolute atomic E-state index is 5.76. The molecule has 1 aliphatic carbocycles. The van der Waals surface area contributed by atoms with Crippen molar-refractivity contribution in [3.63, 3.8) is 0 Å². The van der Waals surface area contributed by atoms with Gasteiger partial charge < -0.3 is 9.47 Å². The molecule has 2 atom stereocenters. The van der Waals surface area contributed by atoms with Crippen LogP contribution in [-0.4, -0.2) is 18.8 Å². The maximum Gasteiger partial charge on any atom is 0.123 e. The van der Waals surface area contributed by atoms with Crippen LogP contribution in [-0.2, 0) is 11.2 Å². The molecular formula is C16H21BrO2. The van der Waals surface area contributed by atoms with Gasteiger partial charge in [-0.2, -0.15) is 0 Å². The first kappa shape index (κ1) is 13.4. The molecule has 0 N–H and O–H groups in total. The van der Waals surface area contributed by atoms with Crippen LogP contribution >= 0.6 is 15.9 Å². The third-order valence-corrected chi connectivity index (χ3v) is 5.38. The highest BCUT2D eigenvalue weighted by atomic mass is 79.9. The van der Waals surface area contributed by atoms with Gasteiger partial charge in [0.15, 0.2) is 0 Å². The van der Waals surface area contributed by atoms with Crippen LogP contribution in [0.4, 0.5) is 0 Å². The van der Waals surface area contributed by atoms with Crippen molar-refractivity contribution in [1.29, 1.82) is 0 Å². The standard InChI is InChI=1S/C16H21BrO2/c1-11-8-13-9-12(4-5-15(13)19-11)14(17)10-16(18-2)6-3-7-16/h4-5,9,11,14H,3,6-8,10H2,1-2H3. The SMILES string of the molecule is COC1(CC(Br)c2ccc3c(c2)CC(C)O3)CCC1. The molecule has 0 amide bonds. The molecule has 3 rings (SSSR count). The number of ether oxygens (including phenoxy) is 2. The molecule has 1 fully saturated rings. The predicted molar refractivity (Wildman–Crippen MR) is 80.1 cm³/mol. The van der Waals surface area contributed by atoms with Crippen LogP contribution in [0.1, 0.15) is 48.6 Å². The van der Waals surface area contributed by atoms with Gasteiger partial charge in [0.25, 0.3) is 0 Å². The van der Waals surface area contributed by atoms with E-state index in [4.69, 9.17) is 9.47 Å². The Balaban J connectivity index is 1.74. The van der Waals surface area contributed by atoms with Gasteiger partial charge in [-0.05, 0) is 49.8 Å². The predicted octanol–water partition coefficient (Wildman–Crippen LogP) is 4.41. The van der Waals surface area contributed by atoms with Crippen LogP contribution in [0.2, 0.25) is 0 Å².